The lowest BCUT2D eigenvalue weighted by molar-refractivity contribution is -0.615. The Labute approximate surface area is 221 Å². The van der Waals surface area contributed by atoms with Crippen molar-refractivity contribution in [2.24, 2.45) is 0 Å². The third kappa shape index (κ3) is 4.81. The number of nitrogens with zero attached hydrogens (tertiary/aromatic N) is 9. The Balaban J connectivity index is 1.58. The molecule has 4 heterocycles. The van der Waals surface area contributed by atoms with Gasteiger partial charge in [-0.1, -0.05) is 11.6 Å². The number of pyridine rings is 2. The SMILES string of the molecule is CC(=O)N(C)CC(c1ccc(-c2c(-n3cnnn3)ccc(Cl)c2F)c[n+]1[O-])n1cc(-c2ccncc2)cn1. The smallest absolute Gasteiger partial charge is 0.219 e. The van der Waals surface area contributed by atoms with Gasteiger partial charge in [-0.25, -0.2) is 4.39 Å². The van der Waals surface area contributed by atoms with Crippen molar-refractivity contribution in [2.75, 3.05) is 13.6 Å². The van der Waals surface area contributed by atoms with Gasteiger partial charge in [0.1, 0.15) is 6.33 Å². The van der Waals surface area contributed by atoms with E-state index in [0.29, 0.717) is 16.1 Å². The van der Waals surface area contributed by atoms with Gasteiger partial charge in [-0.15, -0.1) is 5.10 Å². The average Bonchev–Trinajstić information content (AvgIpc) is 3.62. The number of halogens is 2. The highest BCUT2D eigenvalue weighted by atomic mass is 35.5. The second-order valence-corrected chi connectivity index (χ2v) is 8.95. The fraction of sp³-hybridized carbons (Fsp3) is 0.160. The first-order chi connectivity index (χ1) is 18.3. The number of amides is 1. The second kappa shape index (κ2) is 10.3. The Kier molecular flexibility index (Phi) is 6.79. The molecule has 1 aromatic carbocycles. The molecule has 0 bridgehead atoms. The van der Waals surface area contributed by atoms with Crippen LogP contribution < -0.4 is 4.73 Å². The van der Waals surface area contributed by atoms with Crippen LogP contribution >= 0.6 is 11.6 Å². The lowest BCUT2D eigenvalue weighted by Crippen LogP contribution is -2.40. The summed E-state index contributed by atoms with van der Waals surface area (Å²) >= 11 is 6.06. The van der Waals surface area contributed by atoms with E-state index in [0.717, 1.165) is 11.1 Å². The van der Waals surface area contributed by atoms with Crippen molar-refractivity contribution in [2.45, 2.75) is 13.0 Å². The molecule has 5 rings (SSSR count). The predicted molar refractivity (Wildman–Crippen MR) is 135 cm³/mol. The van der Waals surface area contributed by atoms with Gasteiger partial charge in [0, 0.05) is 44.2 Å². The Bertz CT molecular complexity index is 1590. The predicted octanol–water partition coefficient (Wildman–Crippen LogP) is 3.08. The summed E-state index contributed by atoms with van der Waals surface area (Å²) in [4.78, 5) is 17.6. The van der Waals surface area contributed by atoms with Crippen LogP contribution in [0, 0.1) is 11.0 Å². The number of hydrogen-bond donors (Lipinski definition) is 0. The van der Waals surface area contributed by atoms with E-state index >= 15 is 4.39 Å². The number of tetrazole rings is 1. The second-order valence-electron chi connectivity index (χ2n) is 8.54. The maximum atomic E-state index is 15.2. The standard InChI is InChI=1S/C25H21ClFN9O2/c1-16(37)33(2)14-23(34-12-19(11-30-34)17-7-9-28-10-8-17)21-5-3-18(13-36(21)38)24-22(35-15-29-31-32-35)6-4-20(26)25(24)27/h3-13,15,23H,14H2,1-2H3. The topological polar surface area (TPSA) is 122 Å². The van der Waals surface area contributed by atoms with Crippen molar-refractivity contribution in [3.63, 3.8) is 0 Å². The number of rotatable bonds is 7. The molecule has 4 aromatic heterocycles. The Morgan fingerprint density at radius 3 is 2.63 bits per heavy atom. The van der Waals surface area contributed by atoms with E-state index in [1.807, 2.05) is 12.1 Å². The molecule has 1 unspecified atom stereocenters. The number of aromatic nitrogens is 8. The summed E-state index contributed by atoms with van der Waals surface area (Å²) in [6, 6.07) is 9.22. The molecule has 0 radical (unpaired) electrons. The largest absolute Gasteiger partial charge is 0.618 e. The van der Waals surface area contributed by atoms with Gasteiger partial charge in [-0.3, -0.25) is 14.5 Å². The zero-order valence-electron chi connectivity index (χ0n) is 20.3. The third-order valence-electron chi connectivity index (χ3n) is 6.16. The molecule has 13 heteroatoms. The van der Waals surface area contributed by atoms with Crippen LogP contribution in [-0.2, 0) is 4.79 Å². The summed E-state index contributed by atoms with van der Waals surface area (Å²) < 4.78 is 18.8. The first kappa shape index (κ1) is 25.0. The lowest BCUT2D eigenvalue weighted by Gasteiger charge is -2.23. The summed E-state index contributed by atoms with van der Waals surface area (Å²) in [5.41, 5.74) is 2.68. The monoisotopic (exact) mass is 533 g/mol. The maximum absolute atomic E-state index is 15.2. The van der Waals surface area contributed by atoms with Gasteiger partial charge in [0.25, 0.3) is 0 Å². The molecule has 0 spiro atoms. The third-order valence-corrected chi connectivity index (χ3v) is 6.45. The van der Waals surface area contributed by atoms with Crippen LogP contribution in [0.4, 0.5) is 4.39 Å². The van der Waals surface area contributed by atoms with Gasteiger partial charge in [-0.2, -0.15) is 14.5 Å². The molecule has 38 heavy (non-hydrogen) atoms. The van der Waals surface area contributed by atoms with Crippen molar-refractivity contribution < 1.29 is 13.9 Å². The van der Waals surface area contributed by atoms with Crippen LogP contribution in [0.2, 0.25) is 5.02 Å². The number of hydrogen-bond acceptors (Lipinski definition) is 7. The summed E-state index contributed by atoms with van der Waals surface area (Å²) in [6.07, 6.45) is 9.41. The molecule has 192 valence electrons. The summed E-state index contributed by atoms with van der Waals surface area (Å²) in [6.45, 7) is 1.62. The zero-order valence-corrected chi connectivity index (χ0v) is 21.1. The first-order valence-electron chi connectivity index (χ1n) is 11.4. The van der Waals surface area contributed by atoms with Crippen LogP contribution in [0.5, 0.6) is 0 Å². The highest BCUT2D eigenvalue weighted by Crippen LogP contribution is 2.33. The molecule has 0 aliphatic carbocycles. The normalized spacial score (nSPS) is 11.9. The molecule has 0 aliphatic heterocycles. The molecule has 11 nitrogen and oxygen atoms in total. The maximum Gasteiger partial charge on any atom is 0.219 e. The van der Waals surface area contributed by atoms with E-state index < -0.39 is 11.9 Å². The minimum absolute atomic E-state index is 0.0671. The van der Waals surface area contributed by atoms with Gasteiger partial charge in [0.2, 0.25) is 11.6 Å². The van der Waals surface area contributed by atoms with Gasteiger partial charge in [0.15, 0.2) is 18.1 Å². The Morgan fingerprint density at radius 2 is 1.95 bits per heavy atom. The molecular formula is C25H21ClFN9O2. The Morgan fingerprint density at radius 1 is 1.16 bits per heavy atom. The molecular weight excluding hydrogens is 513 g/mol. The molecule has 0 fully saturated rings. The molecule has 0 N–H and O–H groups in total. The van der Waals surface area contributed by atoms with Crippen molar-refractivity contribution in [1.82, 2.24) is 39.9 Å². The number of carbonyl (C=O) groups excluding carboxylic acids is 1. The highest BCUT2D eigenvalue weighted by molar-refractivity contribution is 6.31. The number of benzene rings is 1. The van der Waals surface area contributed by atoms with E-state index in [1.54, 1.807) is 54.7 Å². The van der Waals surface area contributed by atoms with Gasteiger partial charge in [-0.05, 0) is 46.3 Å². The minimum atomic E-state index is -0.714. The van der Waals surface area contributed by atoms with Crippen molar-refractivity contribution in [1.29, 1.82) is 0 Å². The molecule has 0 aliphatic rings. The summed E-state index contributed by atoms with van der Waals surface area (Å²) in [7, 11) is 1.64. The van der Waals surface area contributed by atoms with Gasteiger partial charge < -0.3 is 10.1 Å². The number of carbonyl (C=O) groups is 1. The Hall–Kier alpha value is -4.71. The van der Waals surface area contributed by atoms with Crippen molar-refractivity contribution in [3.8, 4) is 27.9 Å². The van der Waals surface area contributed by atoms with E-state index in [2.05, 4.69) is 25.6 Å². The van der Waals surface area contributed by atoms with Crippen LogP contribution in [0.25, 0.3) is 27.9 Å². The van der Waals surface area contributed by atoms with Crippen LogP contribution in [0.15, 0.2) is 73.7 Å². The van der Waals surface area contributed by atoms with Crippen LogP contribution in [-0.4, -0.2) is 59.4 Å². The molecule has 1 amide bonds. The van der Waals surface area contributed by atoms with Gasteiger partial charge in [0.05, 0.1) is 34.6 Å². The quantitative estimate of drug-likeness (QED) is 0.233. The van der Waals surface area contributed by atoms with E-state index in [9.17, 15) is 10.0 Å². The molecule has 0 saturated carbocycles. The fourth-order valence-electron chi connectivity index (χ4n) is 4.08. The van der Waals surface area contributed by atoms with Crippen molar-refractivity contribution >= 4 is 17.5 Å². The van der Waals surface area contributed by atoms with Crippen LogP contribution in [0.1, 0.15) is 18.7 Å². The average molecular weight is 534 g/mol. The lowest BCUT2D eigenvalue weighted by atomic mass is 10.0. The number of likely N-dealkylation sites (N-methyl/N-ethyl adjacent to an activating group) is 1. The summed E-state index contributed by atoms with van der Waals surface area (Å²) in [5, 5.41) is 28.8. The fourth-order valence-corrected chi connectivity index (χ4v) is 4.24. The zero-order chi connectivity index (χ0) is 26.8. The molecule has 1 atom stereocenters. The van der Waals surface area contributed by atoms with Gasteiger partial charge >= 0.3 is 0 Å². The van der Waals surface area contributed by atoms with Crippen LogP contribution in [0.3, 0.4) is 0 Å². The van der Waals surface area contributed by atoms with E-state index in [1.165, 1.54) is 35.1 Å². The minimum Gasteiger partial charge on any atom is -0.618 e. The van der Waals surface area contributed by atoms with E-state index in [4.69, 9.17) is 11.6 Å². The molecule has 0 saturated heterocycles. The molecule has 5 aromatic rings. The summed E-state index contributed by atoms with van der Waals surface area (Å²) in [5.74, 6) is -0.882. The first-order valence-corrected chi connectivity index (χ1v) is 11.8. The van der Waals surface area contributed by atoms with E-state index in [-0.39, 0.29) is 28.6 Å². The van der Waals surface area contributed by atoms with Crippen molar-refractivity contribution in [3.05, 3.63) is 95.5 Å². The highest BCUT2D eigenvalue weighted by Gasteiger charge is 2.27.